The number of hydrogen-bond donors (Lipinski definition) is 1. The topological polar surface area (TPSA) is 29.1 Å². The summed E-state index contributed by atoms with van der Waals surface area (Å²) in [7, 11) is 0. The highest BCUT2D eigenvalue weighted by atomic mass is 19.4. The Kier molecular flexibility index (Phi) is 5.43. The summed E-state index contributed by atoms with van der Waals surface area (Å²) in [6.07, 6.45) is 0.641. The van der Waals surface area contributed by atoms with Crippen LogP contribution in [-0.2, 0) is 4.79 Å². The molecule has 1 fully saturated rings. The van der Waals surface area contributed by atoms with Crippen LogP contribution in [0.25, 0.3) is 0 Å². The van der Waals surface area contributed by atoms with Gasteiger partial charge >= 0.3 is 6.18 Å². The van der Waals surface area contributed by atoms with Crippen molar-refractivity contribution in [2.45, 2.75) is 45.2 Å². The second-order valence-corrected chi connectivity index (χ2v) is 4.81. The lowest BCUT2D eigenvalue weighted by molar-refractivity contribution is -0.129. The molecule has 0 aromatic carbocycles. The van der Waals surface area contributed by atoms with E-state index in [1.54, 1.807) is 0 Å². The van der Waals surface area contributed by atoms with Crippen molar-refractivity contribution in [1.29, 1.82) is 0 Å². The lowest BCUT2D eigenvalue weighted by atomic mass is 9.79. The van der Waals surface area contributed by atoms with E-state index in [0.717, 1.165) is 32.1 Å². The van der Waals surface area contributed by atoms with Gasteiger partial charge < -0.3 is 5.32 Å². The fourth-order valence-corrected chi connectivity index (χ4v) is 2.36. The van der Waals surface area contributed by atoms with Crippen molar-refractivity contribution in [2.75, 3.05) is 13.1 Å². The molecule has 17 heavy (non-hydrogen) atoms. The minimum Gasteiger partial charge on any atom is -0.302 e. The van der Waals surface area contributed by atoms with Crippen molar-refractivity contribution in [1.82, 2.24) is 5.32 Å². The third-order valence-electron chi connectivity index (χ3n) is 3.50. The van der Waals surface area contributed by atoms with E-state index in [0.29, 0.717) is 5.92 Å². The van der Waals surface area contributed by atoms with E-state index in [-0.39, 0.29) is 18.2 Å². The highest BCUT2D eigenvalue weighted by molar-refractivity contribution is 5.83. The van der Waals surface area contributed by atoms with E-state index in [2.05, 4.69) is 12.2 Å². The molecule has 0 unspecified atom stereocenters. The zero-order valence-corrected chi connectivity index (χ0v) is 10.1. The van der Waals surface area contributed by atoms with Crippen LogP contribution in [-0.4, -0.2) is 25.0 Å². The second-order valence-electron chi connectivity index (χ2n) is 4.81. The number of alkyl halides is 3. The van der Waals surface area contributed by atoms with Gasteiger partial charge in [0.1, 0.15) is 5.78 Å². The van der Waals surface area contributed by atoms with Crippen molar-refractivity contribution in [3.05, 3.63) is 0 Å². The molecule has 100 valence electrons. The summed E-state index contributed by atoms with van der Waals surface area (Å²) in [4.78, 5) is 11.6. The van der Waals surface area contributed by atoms with Gasteiger partial charge in [-0.05, 0) is 31.6 Å². The number of carbonyl (C=O) groups excluding carboxylic acids is 1. The summed E-state index contributed by atoms with van der Waals surface area (Å²) in [5.74, 6) is 0.601. The first-order chi connectivity index (χ1) is 7.92. The average molecular weight is 251 g/mol. The first-order valence-electron chi connectivity index (χ1n) is 6.22. The molecule has 0 aliphatic heterocycles. The van der Waals surface area contributed by atoms with Crippen molar-refractivity contribution in [3.63, 3.8) is 0 Å². The largest absolute Gasteiger partial charge is 0.401 e. The van der Waals surface area contributed by atoms with Crippen LogP contribution < -0.4 is 5.32 Å². The van der Waals surface area contributed by atoms with Crippen LogP contribution in [0.15, 0.2) is 0 Å². The maximum Gasteiger partial charge on any atom is 0.401 e. The maximum atomic E-state index is 11.9. The van der Waals surface area contributed by atoms with E-state index in [4.69, 9.17) is 0 Å². The van der Waals surface area contributed by atoms with E-state index in [1.807, 2.05) is 0 Å². The van der Waals surface area contributed by atoms with Crippen molar-refractivity contribution < 1.29 is 18.0 Å². The molecule has 2 nitrogen and oxygen atoms in total. The maximum absolute atomic E-state index is 11.9. The first kappa shape index (κ1) is 14.5. The molecule has 0 bridgehead atoms. The Morgan fingerprint density at radius 3 is 2.29 bits per heavy atom. The molecule has 0 spiro atoms. The van der Waals surface area contributed by atoms with Crippen LogP contribution >= 0.6 is 0 Å². The number of Topliss-reactive ketones (excluding diaryl/α,β-unsaturated/α-hetero) is 1. The van der Waals surface area contributed by atoms with Gasteiger partial charge in [-0.15, -0.1) is 0 Å². The van der Waals surface area contributed by atoms with E-state index < -0.39 is 12.7 Å². The SMILES string of the molecule is CCC1CCC(C(=O)CNCC(F)(F)F)CC1. The Morgan fingerprint density at radius 2 is 1.82 bits per heavy atom. The first-order valence-corrected chi connectivity index (χ1v) is 6.22. The molecule has 0 aromatic rings. The zero-order valence-electron chi connectivity index (χ0n) is 10.1. The van der Waals surface area contributed by atoms with Crippen LogP contribution in [0, 0.1) is 11.8 Å². The van der Waals surface area contributed by atoms with Gasteiger partial charge in [0.15, 0.2) is 0 Å². The van der Waals surface area contributed by atoms with Crippen LogP contribution in [0.4, 0.5) is 13.2 Å². The smallest absolute Gasteiger partial charge is 0.302 e. The predicted octanol–water partition coefficient (Wildman–Crippen LogP) is 2.92. The van der Waals surface area contributed by atoms with Gasteiger partial charge in [0.25, 0.3) is 0 Å². The molecular formula is C12H20F3NO. The Labute approximate surface area is 100.0 Å². The van der Waals surface area contributed by atoms with Crippen LogP contribution in [0.5, 0.6) is 0 Å². The van der Waals surface area contributed by atoms with E-state index in [1.165, 1.54) is 0 Å². The predicted molar refractivity (Wildman–Crippen MR) is 59.7 cm³/mol. The summed E-state index contributed by atoms with van der Waals surface area (Å²) < 4.78 is 35.6. The molecule has 1 N–H and O–H groups in total. The molecule has 0 saturated heterocycles. The van der Waals surface area contributed by atoms with Gasteiger partial charge in [0, 0.05) is 5.92 Å². The zero-order chi connectivity index (χ0) is 12.9. The van der Waals surface area contributed by atoms with Crippen molar-refractivity contribution in [3.8, 4) is 0 Å². The van der Waals surface area contributed by atoms with Crippen molar-refractivity contribution >= 4 is 5.78 Å². The third-order valence-corrected chi connectivity index (χ3v) is 3.50. The highest BCUT2D eigenvalue weighted by Gasteiger charge is 2.28. The van der Waals surface area contributed by atoms with Gasteiger partial charge in [-0.1, -0.05) is 13.3 Å². The van der Waals surface area contributed by atoms with Gasteiger partial charge in [-0.3, -0.25) is 4.79 Å². The molecule has 0 aromatic heterocycles. The second kappa shape index (κ2) is 6.38. The van der Waals surface area contributed by atoms with Gasteiger partial charge in [0.05, 0.1) is 13.1 Å². The number of halogens is 3. The van der Waals surface area contributed by atoms with Gasteiger partial charge in [-0.2, -0.15) is 13.2 Å². The Morgan fingerprint density at radius 1 is 1.24 bits per heavy atom. The van der Waals surface area contributed by atoms with Gasteiger partial charge in [-0.25, -0.2) is 0 Å². The molecule has 1 rings (SSSR count). The number of carbonyl (C=O) groups is 1. The summed E-state index contributed by atoms with van der Waals surface area (Å²) >= 11 is 0. The number of nitrogens with one attached hydrogen (secondary N) is 1. The summed E-state index contributed by atoms with van der Waals surface area (Å²) in [5, 5.41) is 2.17. The lowest BCUT2D eigenvalue weighted by Gasteiger charge is -2.26. The minimum atomic E-state index is -4.24. The van der Waals surface area contributed by atoms with Crippen molar-refractivity contribution in [2.24, 2.45) is 11.8 Å². The molecule has 0 atom stereocenters. The van der Waals surface area contributed by atoms with E-state index >= 15 is 0 Å². The number of rotatable bonds is 5. The Hall–Kier alpha value is -0.580. The molecule has 1 saturated carbocycles. The fourth-order valence-electron chi connectivity index (χ4n) is 2.36. The average Bonchev–Trinajstić information content (AvgIpc) is 2.27. The molecule has 1 aliphatic carbocycles. The van der Waals surface area contributed by atoms with Crippen LogP contribution in [0.3, 0.4) is 0 Å². The Balaban J connectivity index is 2.21. The normalized spacial score (nSPS) is 25.9. The molecule has 0 heterocycles. The molecular weight excluding hydrogens is 231 g/mol. The standard InChI is InChI=1S/C12H20F3NO/c1-2-9-3-5-10(6-4-9)11(17)7-16-8-12(13,14)15/h9-10,16H,2-8H2,1H3. The fraction of sp³-hybridized carbons (Fsp3) is 0.917. The lowest BCUT2D eigenvalue weighted by Crippen LogP contribution is -2.36. The monoisotopic (exact) mass is 251 g/mol. The minimum absolute atomic E-state index is 0.0291. The quantitative estimate of drug-likeness (QED) is 0.814. The van der Waals surface area contributed by atoms with Crippen LogP contribution in [0.1, 0.15) is 39.0 Å². The van der Waals surface area contributed by atoms with Gasteiger partial charge in [0.2, 0.25) is 0 Å². The molecule has 5 heteroatoms. The summed E-state index contributed by atoms with van der Waals surface area (Å²) in [6.45, 7) is 0.904. The van der Waals surface area contributed by atoms with E-state index in [9.17, 15) is 18.0 Å². The number of hydrogen-bond acceptors (Lipinski definition) is 2. The summed E-state index contributed by atoms with van der Waals surface area (Å²) in [5.41, 5.74) is 0. The van der Waals surface area contributed by atoms with Crippen LogP contribution in [0.2, 0.25) is 0 Å². The molecule has 1 aliphatic rings. The molecule has 0 radical (unpaired) electrons. The highest BCUT2D eigenvalue weighted by Crippen LogP contribution is 2.30. The third kappa shape index (κ3) is 5.52. The Bertz CT molecular complexity index is 245. The summed E-state index contributed by atoms with van der Waals surface area (Å²) in [6, 6.07) is 0. The molecule has 0 amide bonds. The number of ketones is 1.